The summed E-state index contributed by atoms with van der Waals surface area (Å²) in [5, 5.41) is 12.2. The molecular formula is C17H23NO5S. The molecule has 1 amide bonds. The summed E-state index contributed by atoms with van der Waals surface area (Å²) in [6, 6.07) is 5.59. The third-order valence-corrected chi connectivity index (χ3v) is 6.50. The summed E-state index contributed by atoms with van der Waals surface area (Å²) < 4.78 is 23.6. The maximum atomic E-state index is 12.4. The van der Waals surface area contributed by atoms with Crippen molar-refractivity contribution in [3.05, 3.63) is 29.8 Å². The number of carboxylic acid groups (broad SMARTS) is 1. The molecule has 1 aliphatic rings. The highest BCUT2D eigenvalue weighted by atomic mass is 32.2. The van der Waals surface area contributed by atoms with Gasteiger partial charge in [0.05, 0.1) is 10.6 Å². The first kappa shape index (κ1) is 18.4. The Kier molecular flexibility index (Phi) is 5.32. The van der Waals surface area contributed by atoms with Crippen LogP contribution >= 0.6 is 0 Å². The number of aliphatic carboxylic acids is 1. The number of hydrogen-bond acceptors (Lipinski definition) is 4. The molecule has 1 fully saturated rings. The minimum absolute atomic E-state index is 0.0150. The van der Waals surface area contributed by atoms with E-state index in [1.54, 1.807) is 6.92 Å². The molecule has 0 saturated heterocycles. The van der Waals surface area contributed by atoms with Crippen LogP contribution in [0.15, 0.2) is 29.2 Å². The summed E-state index contributed by atoms with van der Waals surface area (Å²) in [7, 11) is -3.33. The van der Waals surface area contributed by atoms with E-state index in [1.807, 2.05) is 0 Å². The molecule has 1 aromatic carbocycles. The lowest BCUT2D eigenvalue weighted by atomic mass is 9.77. The first-order valence-corrected chi connectivity index (χ1v) is 9.74. The summed E-state index contributed by atoms with van der Waals surface area (Å²) in [5.74, 6) is -1.08. The van der Waals surface area contributed by atoms with Crippen molar-refractivity contribution in [3.63, 3.8) is 0 Å². The molecule has 6 nitrogen and oxygen atoms in total. The summed E-state index contributed by atoms with van der Waals surface area (Å²) >= 11 is 0. The van der Waals surface area contributed by atoms with E-state index in [9.17, 15) is 23.1 Å². The molecule has 1 aliphatic carbocycles. The Morgan fingerprint density at radius 2 is 1.75 bits per heavy atom. The van der Waals surface area contributed by atoms with Gasteiger partial charge in [0.15, 0.2) is 9.84 Å². The Hall–Kier alpha value is -1.89. The first-order valence-electron chi connectivity index (χ1n) is 8.09. The van der Waals surface area contributed by atoms with Crippen molar-refractivity contribution in [3.8, 4) is 0 Å². The van der Waals surface area contributed by atoms with Gasteiger partial charge in [0.25, 0.3) is 5.91 Å². The van der Waals surface area contributed by atoms with Gasteiger partial charge in [-0.25, -0.2) is 13.2 Å². The molecule has 0 radical (unpaired) electrons. The van der Waals surface area contributed by atoms with Crippen LogP contribution in [0.1, 0.15) is 49.9 Å². The zero-order valence-electron chi connectivity index (χ0n) is 13.9. The lowest BCUT2D eigenvalue weighted by molar-refractivity contribution is -0.146. The van der Waals surface area contributed by atoms with Gasteiger partial charge < -0.3 is 10.4 Å². The highest BCUT2D eigenvalue weighted by molar-refractivity contribution is 7.91. The van der Waals surface area contributed by atoms with Gasteiger partial charge in [0.1, 0.15) is 5.54 Å². The number of rotatable bonds is 5. The molecule has 1 aromatic rings. The minimum atomic E-state index is -3.33. The molecule has 0 heterocycles. The monoisotopic (exact) mass is 353 g/mol. The van der Waals surface area contributed by atoms with Crippen molar-refractivity contribution in [1.29, 1.82) is 0 Å². The predicted molar refractivity (Wildman–Crippen MR) is 89.6 cm³/mol. The number of amides is 1. The van der Waals surface area contributed by atoms with E-state index in [-0.39, 0.29) is 16.2 Å². The molecule has 0 atom stereocenters. The largest absolute Gasteiger partial charge is 0.480 e. The quantitative estimate of drug-likeness (QED) is 0.845. The van der Waals surface area contributed by atoms with E-state index in [1.165, 1.54) is 24.3 Å². The van der Waals surface area contributed by atoms with Crippen LogP contribution in [-0.4, -0.2) is 36.7 Å². The molecule has 2 rings (SSSR count). The lowest BCUT2D eigenvalue weighted by Gasteiger charge is -2.36. The third kappa shape index (κ3) is 3.77. The average molecular weight is 353 g/mol. The van der Waals surface area contributed by atoms with Crippen LogP contribution in [0.2, 0.25) is 0 Å². The van der Waals surface area contributed by atoms with Gasteiger partial charge in [-0.3, -0.25) is 4.79 Å². The van der Waals surface area contributed by atoms with E-state index in [0.717, 1.165) is 12.8 Å². The van der Waals surface area contributed by atoms with Crippen molar-refractivity contribution in [1.82, 2.24) is 5.32 Å². The number of hydrogen-bond donors (Lipinski definition) is 2. The molecule has 132 valence electrons. The average Bonchev–Trinajstić information content (AvgIpc) is 2.57. The van der Waals surface area contributed by atoms with Gasteiger partial charge in [-0.15, -0.1) is 0 Å². The Labute approximate surface area is 142 Å². The first-order chi connectivity index (χ1) is 11.2. The van der Waals surface area contributed by atoms with Crippen molar-refractivity contribution in [2.75, 3.05) is 5.75 Å². The number of carbonyl (C=O) groups excluding carboxylic acids is 1. The number of carboxylic acids is 1. The van der Waals surface area contributed by atoms with Crippen LogP contribution in [0.5, 0.6) is 0 Å². The molecule has 7 heteroatoms. The Balaban J connectivity index is 2.18. The van der Waals surface area contributed by atoms with Crippen LogP contribution in [0, 0.1) is 5.92 Å². The Morgan fingerprint density at radius 3 is 2.21 bits per heavy atom. The van der Waals surface area contributed by atoms with Crippen molar-refractivity contribution < 1.29 is 23.1 Å². The normalized spacial score (nSPS) is 24.3. The van der Waals surface area contributed by atoms with E-state index in [2.05, 4.69) is 12.2 Å². The molecule has 0 aliphatic heterocycles. The Bertz CT molecular complexity index is 716. The predicted octanol–water partition coefficient (Wildman–Crippen LogP) is 2.24. The van der Waals surface area contributed by atoms with Crippen LogP contribution in [0.4, 0.5) is 0 Å². The SMILES string of the molecule is CCS(=O)(=O)c1ccc(C(=O)NC2(C(=O)O)CCC(C)CC2)cc1. The maximum absolute atomic E-state index is 12.4. The van der Waals surface area contributed by atoms with Gasteiger partial charge >= 0.3 is 5.97 Å². The zero-order chi connectivity index (χ0) is 18.0. The van der Waals surface area contributed by atoms with Gasteiger partial charge in [-0.1, -0.05) is 13.8 Å². The molecular weight excluding hydrogens is 330 g/mol. The van der Waals surface area contributed by atoms with E-state index in [4.69, 9.17) is 0 Å². The van der Waals surface area contributed by atoms with Crippen LogP contribution in [-0.2, 0) is 14.6 Å². The highest BCUT2D eigenvalue weighted by Crippen LogP contribution is 2.32. The molecule has 0 bridgehead atoms. The van der Waals surface area contributed by atoms with E-state index in [0.29, 0.717) is 18.8 Å². The minimum Gasteiger partial charge on any atom is -0.480 e. The van der Waals surface area contributed by atoms with E-state index >= 15 is 0 Å². The molecule has 24 heavy (non-hydrogen) atoms. The molecule has 0 spiro atoms. The molecule has 0 aromatic heterocycles. The van der Waals surface area contributed by atoms with Crippen molar-refractivity contribution in [2.45, 2.75) is 50.0 Å². The van der Waals surface area contributed by atoms with Gasteiger partial charge in [-0.05, 0) is 55.9 Å². The smallest absolute Gasteiger partial charge is 0.329 e. The zero-order valence-corrected chi connectivity index (χ0v) is 14.7. The van der Waals surface area contributed by atoms with Gasteiger partial charge in [0.2, 0.25) is 0 Å². The van der Waals surface area contributed by atoms with E-state index < -0.39 is 27.3 Å². The van der Waals surface area contributed by atoms with Crippen LogP contribution in [0.3, 0.4) is 0 Å². The fraction of sp³-hybridized carbons (Fsp3) is 0.529. The van der Waals surface area contributed by atoms with Crippen LogP contribution in [0.25, 0.3) is 0 Å². The molecule has 0 unspecified atom stereocenters. The fourth-order valence-corrected chi connectivity index (χ4v) is 3.80. The summed E-state index contributed by atoms with van der Waals surface area (Å²) in [6.45, 7) is 3.62. The maximum Gasteiger partial charge on any atom is 0.329 e. The second kappa shape index (κ2) is 6.93. The summed E-state index contributed by atoms with van der Waals surface area (Å²) in [5.41, 5.74) is -0.984. The fourth-order valence-electron chi connectivity index (χ4n) is 2.92. The third-order valence-electron chi connectivity index (χ3n) is 4.75. The van der Waals surface area contributed by atoms with Crippen LogP contribution < -0.4 is 5.32 Å². The summed E-state index contributed by atoms with van der Waals surface area (Å²) in [6.07, 6.45) is 2.30. The number of benzene rings is 1. The second-order valence-electron chi connectivity index (χ2n) is 6.45. The van der Waals surface area contributed by atoms with Gasteiger partial charge in [-0.2, -0.15) is 0 Å². The topological polar surface area (TPSA) is 101 Å². The number of nitrogens with one attached hydrogen (secondary N) is 1. The number of carbonyl (C=O) groups is 2. The Morgan fingerprint density at radius 1 is 1.21 bits per heavy atom. The summed E-state index contributed by atoms with van der Waals surface area (Å²) in [4.78, 5) is 24.2. The molecule has 1 saturated carbocycles. The van der Waals surface area contributed by atoms with Crippen molar-refractivity contribution >= 4 is 21.7 Å². The lowest BCUT2D eigenvalue weighted by Crippen LogP contribution is -2.56. The van der Waals surface area contributed by atoms with Gasteiger partial charge in [0, 0.05) is 5.56 Å². The number of sulfone groups is 1. The molecule has 2 N–H and O–H groups in total. The highest BCUT2D eigenvalue weighted by Gasteiger charge is 2.42. The standard InChI is InChI=1S/C17H23NO5S/c1-3-24(22,23)14-6-4-13(5-7-14)15(19)18-17(16(20)21)10-8-12(2)9-11-17/h4-7,12H,3,8-11H2,1-2H3,(H,18,19)(H,20,21). The second-order valence-corrected chi connectivity index (χ2v) is 8.73. The van der Waals surface area contributed by atoms with Crippen molar-refractivity contribution in [2.24, 2.45) is 5.92 Å².